The lowest BCUT2D eigenvalue weighted by molar-refractivity contribution is 0.220. The molecule has 184 valence electrons. The number of aryl methyl sites for hydroxylation is 2. The lowest BCUT2D eigenvalue weighted by atomic mass is 10.0. The zero-order valence-corrected chi connectivity index (χ0v) is 20.6. The largest absolute Gasteiger partial charge is 0.490 e. The highest BCUT2D eigenvalue weighted by Crippen LogP contribution is 2.17. The highest BCUT2D eigenvalue weighted by molar-refractivity contribution is 5.31. The number of H-pyrrole nitrogens is 1. The fourth-order valence-corrected chi connectivity index (χ4v) is 4.46. The SMILES string of the molecule is Cc1[nH]c(NC/C=C\COc2cccc(CN3CCCCC3)c2)nc(=O)c1CCc1ccccc1. The lowest BCUT2D eigenvalue weighted by Crippen LogP contribution is -2.29. The van der Waals surface area contributed by atoms with Crippen molar-refractivity contribution in [1.82, 2.24) is 14.9 Å². The molecule has 6 nitrogen and oxygen atoms in total. The van der Waals surface area contributed by atoms with Gasteiger partial charge < -0.3 is 15.0 Å². The van der Waals surface area contributed by atoms with E-state index >= 15 is 0 Å². The van der Waals surface area contributed by atoms with E-state index in [-0.39, 0.29) is 5.56 Å². The van der Waals surface area contributed by atoms with E-state index < -0.39 is 0 Å². The number of likely N-dealkylation sites (tertiary alicyclic amines) is 1. The Hall–Kier alpha value is -3.38. The summed E-state index contributed by atoms with van der Waals surface area (Å²) in [6.45, 7) is 6.36. The van der Waals surface area contributed by atoms with Gasteiger partial charge in [0.1, 0.15) is 12.4 Å². The van der Waals surface area contributed by atoms with Crippen molar-refractivity contribution in [2.75, 3.05) is 31.6 Å². The first-order chi connectivity index (χ1) is 17.2. The van der Waals surface area contributed by atoms with Gasteiger partial charge in [0.05, 0.1) is 0 Å². The van der Waals surface area contributed by atoms with Gasteiger partial charge in [0.2, 0.25) is 5.95 Å². The number of rotatable bonds is 11. The molecule has 0 spiro atoms. The van der Waals surface area contributed by atoms with Crippen molar-refractivity contribution in [3.05, 3.63) is 99.5 Å². The van der Waals surface area contributed by atoms with E-state index in [2.05, 4.69) is 50.5 Å². The van der Waals surface area contributed by atoms with Crippen molar-refractivity contribution in [2.45, 2.75) is 45.6 Å². The quantitative estimate of drug-likeness (QED) is 0.389. The minimum atomic E-state index is -0.170. The smallest absolute Gasteiger partial charge is 0.277 e. The van der Waals surface area contributed by atoms with Crippen LogP contribution < -0.4 is 15.6 Å². The predicted octanol–water partition coefficient (Wildman–Crippen LogP) is 4.90. The zero-order chi connectivity index (χ0) is 24.3. The van der Waals surface area contributed by atoms with Gasteiger partial charge in [-0.05, 0) is 75.0 Å². The van der Waals surface area contributed by atoms with E-state index in [9.17, 15) is 4.79 Å². The van der Waals surface area contributed by atoms with Crippen LogP contribution in [-0.2, 0) is 19.4 Å². The molecule has 6 heteroatoms. The number of hydrogen-bond donors (Lipinski definition) is 2. The predicted molar refractivity (Wildman–Crippen MR) is 142 cm³/mol. The van der Waals surface area contributed by atoms with E-state index in [1.807, 2.05) is 43.3 Å². The van der Waals surface area contributed by atoms with Crippen LogP contribution >= 0.6 is 0 Å². The number of nitrogens with zero attached hydrogens (tertiary/aromatic N) is 2. The molecule has 0 aliphatic carbocycles. The second-order valence-corrected chi connectivity index (χ2v) is 9.13. The highest BCUT2D eigenvalue weighted by Gasteiger charge is 2.11. The van der Waals surface area contributed by atoms with E-state index in [4.69, 9.17) is 4.74 Å². The first-order valence-corrected chi connectivity index (χ1v) is 12.6. The second-order valence-electron chi connectivity index (χ2n) is 9.13. The van der Waals surface area contributed by atoms with E-state index in [0.717, 1.165) is 30.0 Å². The average Bonchev–Trinajstić information content (AvgIpc) is 2.87. The average molecular weight is 473 g/mol. The van der Waals surface area contributed by atoms with Gasteiger partial charge in [0, 0.05) is 24.3 Å². The molecule has 0 atom stereocenters. The fraction of sp³-hybridized carbons (Fsp3) is 0.379. The zero-order valence-electron chi connectivity index (χ0n) is 20.6. The van der Waals surface area contributed by atoms with Gasteiger partial charge in [-0.25, -0.2) is 0 Å². The number of aromatic nitrogens is 2. The Labute approximate surface area is 208 Å². The van der Waals surface area contributed by atoms with Crippen LogP contribution in [0.4, 0.5) is 5.95 Å². The van der Waals surface area contributed by atoms with Gasteiger partial charge in [-0.3, -0.25) is 9.69 Å². The van der Waals surface area contributed by atoms with Crippen LogP contribution in [0.25, 0.3) is 0 Å². The van der Waals surface area contributed by atoms with Crippen LogP contribution in [0.3, 0.4) is 0 Å². The Morgan fingerprint density at radius 2 is 1.80 bits per heavy atom. The molecule has 3 aromatic rings. The highest BCUT2D eigenvalue weighted by atomic mass is 16.5. The molecule has 2 N–H and O–H groups in total. The van der Waals surface area contributed by atoms with Crippen molar-refractivity contribution < 1.29 is 4.74 Å². The maximum atomic E-state index is 12.5. The summed E-state index contributed by atoms with van der Waals surface area (Å²) in [7, 11) is 0. The van der Waals surface area contributed by atoms with Crippen molar-refractivity contribution in [1.29, 1.82) is 0 Å². The molecule has 35 heavy (non-hydrogen) atoms. The van der Waals surface area contributed by atoms with Crippen molar-refractivity contribution in [2.24, 2.45) is 0 Å². The summed E-state index contributed by atoms with van der Waals surface area (Å²) < 4.78 is 5.90. The van der Waals surface area contributed by atoms with E-state index in [1.165, 1.54) is 43.5 Å². The number of nitrogens with one attached hydrogen (secondary N) is 2. The summed E-state index contributed by atoms with van der Waals surface area (Å²) in [5, 5.41) is 3.17. The topological polar surface area (TPSA) is 70.2 Å². The Balaban J connectivity index is 1.20. The molecule has 0 radical (unpaired) electrons. The molecular weight excluding hydrogens is 436 g/mol. The summed E-state index contributed by atoms with van der Waals surface area (Å²) >= 11 is 0. The second kappa shape index (κ2) is 12.9. The van der Waals surface area contributed by atoms with Crippen LogP contribution in [0.2, 0.25) is 0 Å². The monoisotopic (exact) mass is 472 g/mol. The van der Waals surface area contributed by atoms with Crippen LogP contribution in [0, 0.1) is 6.92 Å². The summed E-state index contributed by atoms with van der Waals surface area (Å²) in [6, 6.07) is 18.6. The molecule has 0 amide bonds. The Kier molecular flexibility index (Phi) is 9.12. The van der Waals surface area contributed by atoms with Crippen LogP contribution in [0.1, 0.15) is 41.6 Å². The van der Waals surface area contributed by atoms with Crippen molar-refractivity contribution in [3.8, 4) is 5.75 Å². The molecule has 0 unspecified atom stereocenters. The molecule has 1 aliphatic rings. The number of ether oxygens (including phenoxy) is 1. The van der Waals surface area contributed by atoms with Gasteiger partial charge >= 0.3 is 0 Å². The molecule has 4 rings (SSSR count). The van der Waals surface area contributed by atoms with Gasteiger partial charge in [-0.2, -0.15) is 4.98 Å². The van der Waals surface area contributed by atoms with Gasteiger partial charge in [0.25, 0.3) is 5.56 Å². The van der Waals surface area contributed by atoms with Gasteiger partial charge in [-0.1, -0.05) is 55.0 Å². The van der Waals surface area contributed by atoms with Crippen LogP contribution in [-0.4, -0.2) is 41.1 Å². The maximum absolute atomic E-state index is 12.5. The molecule has 2 heterocycles. The summed E-state index contributed by atoms with van der Waals surface area (Å²) in [4.78, 5) is 22.4. The number of aromatic amines is 1. The lowest BCUT2D eigenvalue weighted by Gasteiger charge is -2.26. The summed E-state index contributed by atoms with van der Waals surface area (Å²) in [5.41, 5.74) is 3.95. The molecule has 1 saturated heterocycles. The minimum Gasteiger partial charge on any atom is -0.490 e. The van der Waals surface area contributed by atoms with E-state index in [1.54, 1.807) is 0 Å². The van der Waals surface area contributed by atoms with Gasteiger partial charge in [-0.15, -0.1) is 0 Å². The first-order valence-electron chi connectivity index (χ1n) is 12.6. The third-order valence-electron chi connectivity index (χ3n) is 6.39. The van der Waals surface area contributed by atoms with E-state index in [0.29, 0.717) is 25.5 Å². The molecule has 2 aromatic carbocycles. The number of piperidine rings is 1. The summed E-state index contributed by atoms with van der Waals surface area (Å²) in [5.74, 6) is 1.39. The molecule has 1 aromatic heterocycles. The summed E-state index contributed by atoms with van der Waals surface area (Å²) in [6.07, 6.45) is 9.41. The first kappa shape index (κ1) is 24.7. The normalized spacial score (nSPS) is 14.3. The molecule has 1 aliphatic heterocycles. The minimum absolute atomic E-state index is 0.170. The molecule has 1 fully saturated rings. The number of benzene rings is 2. The standard InChI is InChI=1S/C29H36N4O2/c1-23-27(16-15-24-11-4-2-5-12-24)28(34)32-29(31-23)30-17-6-9-20-35-26-14-10-13-25(21-26)22-33-18-7-3-8-19-33/h2,4-6,9-14,21H,3,7-8,15-20,22H2,1H3,(H2,30,31,32,34)/b9-6-. The van der Waals surface area contributed by atoms with Crippen molar-refractivity contribution >= 4 is 5.95 Å². The third kappa shape index (κ3) is 7.82. The van der Waals surface area contributed by atoms with Gasteiger partial charge in [0.15, 0.2) is 0 Å². The molecular formula is C29H36N4O2. The Bertz CT molecular complexity index is 1150. The Morgan fingerprint density at radius 3 is 2.60 bits per heavy atom. The molecule has 0 bridgehead atoms. The number of anilines is 1. The van der Waals surface area contributed by atoms with Crippen LogP contribution in [0.15, 0.2) is 71.5 Å². The number of hydrogen-bond acceptors (Lipinski definition) is 5. The van der Waals surface area contributed by atoms with Crippen molar-refractivity contribution in [3.63, 3.8) is 0 Å². The molecule has 0 saturated carbocycles. The third-order valence-corrected chi connectivity index (χ3v) is 6.39. The van der Waals surface area contributed by atoms with Crippen LogP contribution in [0.5, 0.6) is 5.75 Å². The fourth-order valence-electron chi connectivity index (χ4n) is 4.46. The Morgan fingerprint density at radius 1 is 1.00 bits per heavy atom. The maximum Gasteiger partial charge on any atom is 0.277 e.